The van der Waals surface area contributed by atoms with Crippen molar-refractivity contribution in [3.8, 4) is 0 Å². The summed E-state index contributed by atoms with van der Waals surface area (Å²) >= 11 is 0. The quantitative estimate of drug-likeness (QED) is 0.569. The van der Waals surface area contributed by atoms with E-state index in [0.717, 1.165) is 11.1 Å². The van der Waals surface area contributed by atoms with Crippen molar-refractivity contribution >= 4 is 18.0 Å². The highest BCUT2D eigenvalue weighted by Gasteiger charge is 2.14. The minimum Gasteiger partial charge on any atom is -0.480 e. The number of alkyl carbamates (subject to hydrolysis) is 1. The lowest BCUT2D eigenvalue weighted by Gasteiger charge is -2.09. The molecule has 0 bridgehead atoms. The number of carbonyl (C=O) groups excluding carboxylic acids is 1. The van der Waals surface area contributed by atoms with Gasteiger partial charge in [0.25, 0.3) is 0 Å². The minimum absolute atomic E-state index is 0.124. The number of hydrogen-bond acceptors (Lipinski definition) is 5. The Balaban J connectivity index is 0.000000292. The third-order valence-electron chi connectivity index (χ3n) is 3.53. The molecule has 2 aromatic rings. The van der Waals surface area contributed by atoms with E-state index in [1.165, 1.54) is 6.92 Å². The second-order valence-electron chi connectivity index (χ2n) is 5.90. The van der Waals surface area contributed by atoms with Crippen molar-refractivity contribution in [2.24, 2.45) is 5.73 Å². The van der Waals surface area contributed by atoms with Crippen molar-refractivity contribution in [3.05, 3.63) is 71.8 Å². The Kier molecular flexibility index (Phi) is 9.77. The molecule has 0 aromatic heterocycles. The Morgan fingerprint density at radius 1 is 0.929 bits per heavy atom. The van der Waals surface area contributed by atoms with Gasteiger partial charge in [-0.3, -0.25) is 9.59 Å². The van der Waals surface area contributed by atoms with Crippen LogP contribution < -0.4 is 11.1 Å². The van der Waals surface area contributed by atoms with Gasteiger partial charge in [0.1, 0.15) is 18.7 Å². The van der Waals surface area contributed by atoms with Crippen LogP contribution in [-0.2, 0) is 27.4 Å². The molecule has 0 aliphatic rings. The number of aliphatic carboxylic acids is 2. The molecular weight excluding hydrogens is 364 g/mol. The number of rotatable bonds is 7. The first-order chi connectivity index (χ1) is 13.3. The molecule has 2 aromatic carbocycles. The topological polar surface area (TPSA) is 139 Å². The molecule has 0 aliphatic heterocycles. The molecule has 0 aliphatic carbocycles. The minimum atomic E-state index is -1.10. The Bertz CT molecular complexity index is 752. The van der Waals surface area contributed by atoms with Gasteiger partial charge in [0.2, 0.25) is 0 Å². The maximum Gasteiger partial charge on any atom is 0.408 e. The summed E-state index contributed by atoms with van der Waals surface area (Å²) in [5.41, 5.74) is 7.15. The molecule has 8 heteroatoms. The van der Waals surface area contributed by atoms with E-state index in [-0.39, 0.29) is 6.61 Å². The zero-order valence-corrected chi connectivity index (χ0v) is 15.4. The maximum absolute atomic E-state index is 11.1. The maximum atomic E-state index is 11.1. The van der Waals surface area contributed by atoms with Gasteiger partial charge in [-0.2, -0.15) is 0 Å². The SMILES string of the molecule is C[C@H](NC(=O)OCc1ccccc1)C(=O)O.N[C@@H](Cc1ccccc1)C(=O)O. The van der Waals surface area contributed by atoms with Crippen LogP contribution in [0.25, 0.3) is 0 Å². The number of benzene rings is 2. The number of carboxylic acids is 2. The summed E-state index contributed by atoms with van der Waals surface area (Å²) in [5.74, 6) is -2.06. The summed E-state index contributed by atoms with van der Waals surface area (Å²) in [6.07, 6.45) is -0.352. The van der Waals surface area contributed by atoms with Gasteiger partial charge in [0, 0.05) is 0 Å². The summed E-state index contributed by atoms with van der Waals surface area (Å²) in [6.45, 7) is 1.49. The lowest BCUT2D eigenvalue weighted by atomic mass is 10.1. The predicted molar refractivity (Wildman–Crippen MR) is 103 cm³/mol. The first kappa shape index (κ1) is 22.7. The Morgan fingerprint density at radius 3 is 1.89 bits per heavy atom. The van der Waals surface area contributed by atoms with Crippen molar-refractivity contribution in [1.82, 2.24) is 5.32 Å². The summed E-state index contributed by atoms with van der Waals surface area (Å²) in [5, 5.41) is 19.3. The van der Waals surface area contributed by atoms with Crippen molar-refractivity contribution in [3.63, 3.8) is 0 Å². The smallest absolute Gasteiger partial charge is 0.408 e. The lowest BCUT2D eigenvalue weighted by Crippen LogP contribution is -2.38. The number of amides is 1. The molecule has 28 heavy (non-hydrogen) atoms. The molecule has 5 N–H and O–H groups in total. The highest BCUT2D eigenvalue weighted by atomic mass is 16.5. The van der Waals surface area contributed by atoms with E-state index in [4.69, 9.17) is 20.7 Å². The summed E-state index contributed by atoms with van der Waals surface area (Å²) in [4.78, 5) is 32.0. The van der Waals surface area contributed by atoms with E-state index in [1.54, 1.807) is 0 Å². The number of carbonyl (C=O) groups is 3. The van der Waals surface area contributed by atoms with Crippen LogP contribution in [0.1, 0.15) is 18.1 Å². The van der Waals surface area contributed by atoms with Gasteiger partial charge in [-0.25, -0.2) is 4.79 Å². The lowest BCUT2D eigenvalue weighted by molar-refractivity contribution is -0.139. The molecular formula is C20H24N2O6. The fourth-order valence-corrected chi connectivity index (χ4v) is 1.96. The summed E-state index contributed by atoms with van der Waals surface area (Å²) in [6, 6.07) is 16.7. The summed E-state index contributed by atoms with van der Waals surface area (Å²) in [7, 11) is 0. The molecule has 0 heterocycles. The van der Waals surface area contributed by atoms with Crippen LogP contribution in [0.4, 0.5) is 4.79 Å². The van der Waals surface area contributed by atoms with E-state index in [9.17, 15) is 14.4 Å². The van der Waals surface area contributed by atoms with E-state index < -0.39 is 30.1 Å². The normalized spacial score (nSPS) is 11.9. The molecule has 0 radical (unpaired) electrons. The van der Waals surface area contributed by atoms with Crippen LogP contribution in [-0.4, -0.2) is 40.3 Å². The molecule has 2 atom stereocenters. The molecule has 8 nitrogen and oxygen atoms in total. The zero-order chi connectivity index (χ0) is 20.9. The van der Waals surface area contributed by atoms with Crippen molar-refractivity contribution < 1.29 is 29.3 Å². The van der Waals surface area contributed by atoms with E-state index in [1.807, 2.05) is 60.7 Å². The van der Waals surface area contributed by atoms with Crippen LogP contribution in [0.3, 0.4) is 0 Å². The number of carboxylic acid groups (broad SMARTS) is 2. The van der Waals surface area contributed by atoms with Gasteiger partial charge < -0.3 is 26.0 Å². The molecule has 0 saturated carbocycles. The van der Waals surface area contributed by atoms with Gasteiger partial charge >= 0.3 is 18.0 Å². The second kappa shape index (κ2) is 12.1. The largest absolute Gasteiger partial charge is 0.480 e. The van der Waals surface area contributed by atoms with E-state index in [2.05, 4.69) is 5.32 Å². The number of nitrogens with two attached hydrogens (primary N) is 1. The van der Waals surface area contributed by atoms with Gasteiger partial charge in [0.15, 0.2) is 0 Å². The van der Waals surface area contributed by atoms with E-state index >= 15 is 0 Å². The second-order valence-corrected chi connectivity index (χ2v) is 5.90. The first-order valence-electron chi connectivity index (χ1n) is 8.52. The van der Waals surface area contributed by atoms with Crippen LogP contribution >= 0.6 is 0 Å². The monoisotopic (exact) mass is 388 g/mol. The van der Waals surface area contributed by atoms with Gasteiger partial charge in [0.05, 0.1) is 0 Å². The van der Waals surface area contributed by atoms with Crippen molar-refractivity contribution in [1.29, 1.82) is 0 Å². The Hall–Kier alpha value is -3.39. The Morgan fingerprint density at radius 2 is 1.43 bits per heavy atom. The highest BCUT2D eigenvalue weighted by Crippen LogP contribution is 2.02. The molecule has 0 fully saturated rings. The Labute approximate surface area is 162 Å². The third-order valence-corrected chi connectivity index (χ3v) is 3.53. The van der Waals surface area contributed by atoms with Crippen LogP contribution in [0.5, 0.6) is 0 Å². The fourth-order valence-electron chi connectivity index (χ4n) is 1.96. The predicted octanol–water partition coefficient (Wildman–Crippen LogP) is 2.03. The average molecular weight is 388 g/mol. The van der Waals surface area contributed by atoms with Crippen LogP contribution in [0.15, 0.2) is 60.7 Å². The van der Waals surface area contributed by atoms with Gasteiger partial charge in [-0.05, 0) is 24.5 Å². The van der Waals surface area contributed by atoms with Crippen LogP contribution in [0, 0.1) is 0 Å². The van der Waals surface area contributed by atoms with Crippen molar-refractivity contribution in [2.75, 3.05) is 0 Å². The number of nitrogens with one attached hydrogen (secondary N) is 1. The molecule has 150 valence electrons. The molecule has 0 unspecified atom stereocenters. The zero-order valence-electron chi connectivity index (χ0n) is 15.4. The standard InChI is InChI=1S/C11H13NO4.C9H11NO2/c1-8(10(13)14)12-11(15)16-7-9-5-3-2-4-6-9;10-8(9(11)12)6-7-4-2-1-3-5-7/h2-6,8H,7H2,1H3,(H,12,15)(H,13,14);1-5,8H,6,10H2,(H,11,12)/t2*8-/m00/s1. The molecule has 1 amide bonds. The first-order valence-corrected chi connectivity index (χ1v) is 8.52. The number of hydrogen-bond donors (Lipinski definition) is 4. The molecule has 0 spiro atoms. The summed E-state index contributed by atoms with van der Waals surface area (Å²) < 4.78 is 4.84. The highest BCUT2D eigenvalue weighted by molar-refractivity contribution is 5.79. The van der Waals surface area contributed by atoms with Crippen LogP contribution in [0.2, 0.25) is 0 Å². The molecule has 2 rings (SSSR count). The average Bonchev–Trinajstić information content (AvgIpc) is 2.68. The number of ether oxygens (including phenoxy) is 1. The van der Waals surface area contributed by atoms with Crippen molar-refractivity contribution in [2.45, 2.75) is 32.0 Å². The van der Waals surface area contributed by atoms with Gasteiger partial charge in [-0.1, -0.05) is 60.7 Å². The molecule has 0 saturated heterocycles. The fraction of sp³-hybridized carbons (Fsp3) is 0.250. The third kappa shape index (κ3) is 9.35. The van der Waals surface area contributed by atoms with Gasteiger partial charge in [-0.15, -0.1) is 0 Å². The van der Waals surface area contributed by atoms with E-state index in [0.29, 0.717) is 6.42 Å².